The zero-order valence-corrected chi connectivity index (χ0v) is 22.2. The number of aliphatic imine (C=N–C) groups is 1. The molecule has 0 radical (unpaired) electrons. The number of halogens is 1. The van der Waals surface area contributed by atoms with E-state index in [0.29, 0.717) is 18.6 Å². The van der Waals surface area contributed by atoms with E-state index in [1.807, 2.05) is 38.1 Å². The average molecular weight is 567 g/mol. The van der Waals surface area contributed by atoms with Gasteiger partial charge >= 0.3 is 0 Å². The standard InChI is InChI=1S/C22H38N4O3S.HI/c1-18(2)26-30(27,28)17-20-11-8-7-10-19(20)16-25-22(23-3)24-14-9-15-29-21-12-5-4-6-13-21;/h7-8,10-11,18,21,26H,4-6,9,12-17H2,1-3H3,(H2,23,24,25);1H. The van der Waals surface area contributed by atoms with Gasteiger partial charge in [0.15, 0.2) is 5.96 Å². The summed E-state index contributed by atoms with van der Waals surface area (Å²) in [7, 11) is -1.64. The Morgan fingerprint density at radius 2 is 1.81 bits per heavy atom. The molecule has 0 aromatic heterocycles. The molecule has 1 aliphatic carbocycles. The first-order chi connectivity index (χ1) is 14.4. The molecule has 1 aromatic carbocycles. The number of sulfonamides is 1. The fourth-order valence-electron chi connectivity index (χ4n) is 3.64. The topological polar surface area (TPSA) is 91.8 Å². The lowest BCUT2D eigenvalue weighted by Crippen LogP contribution is -2.38. The van der Waals surface area contributed by atoms with Gasteiger partial charge in [-0.2, -0.15) is 0 Å². The van der Waals surface area contributed by atoms with E-state index in [4.69, 9.17) is 4.74 Å². The summed E-state index contributed by atoms with van der Waals surface area (Å²) in [6, 6.07) is 7.46. The number of rotatable bonds is 11. The number of nitrogens with one attached hydrogen (secondary N) is 3. The molecule has 1 fully saturated rings. The first-order valence-corrected chi connectivity index (χ1v) is 12.7. The molecular weight excluding hydrogens is 527 g/mol. The van der Waals surface area contributed by atoms with Gasteiger partial charge in [0, 0.05) is 32.8 Å². The fourth-order valence-corrected chi connectivity index (χ4v) is 5.13. The van der Waals surface area contributed by atoms with Crippen LogP contribution in [0, 0.1) is 0 Å². The maximum absolute atomic E-state index is 12.3. The smallest absolute Gasteiger partial charge is 0.216 e. The minimum Gasteiger partial charge on any atom is -0.378 e. The molecule has 0 atom stereocenters. The number of guanidine groups is 1. The summed E-state index contributed by atoms with van der Waals surface area (Å²) in [5, 5.41) is 6.58. The minimum atomic E-state index is -3.37. The van der Waals surface area contributed by atoms with Crippen molar-refractivity contribution in [1.82, 2.24) is 15.4 Å². The Kier molecular flexibility index (Phi) is 13.6. The highest BCUT2D eigenvalue weighted by Gasteiger charge is 2.15. The van der Waals surface area contributed by atoms with Gasteiger partial charge in [0.2, 0.25) is 10.0 Å². The second-order valence-corrected chi connectivity index (χ2v) is 9.89. The Morgan fingerprint density at radius 1 is 1.13 bits per heavy atom. The van der Waals surface area contributed by atoms with Gasteiger partial charge in [0.1, 0.15) is 0 Å². The summed E-state index contributed by atoms with van der Waals surface area (Å²) in [6.07, 6.45) is 7.66. The predicted molar refractivity (Wildman–Crippen MR) is 138 cm³/mol. The van der Waals surface area contributed by atoms with E-state index >= 15 is 0 Å². The summed E-state index contributed by atoms with van der Waals surface area (Å²) in [5.41, 5.74) is 1.73. The summed E-state index contributed by atoms with van der Waals surface area (Å²) in [6.45, 7) is 5.69. The van der Waals surface area contributed by atoms with Crippen LogP contribution >= 0.6 is 24.0 Å². The predicted octanol–water partition coefficient (Wildman–Crippen LogP) is 3.54. The van der Waals surface area contributed by atoms with Gasteiger partial charge in [-0.3, -0.25) is 4.99 Å². The third-order valence-corrected chi connectivity index (χ3v) is 6.59. The number of ether oxygens (including phenoxy) is 1. The van der Waals surface area contributed by atoms with Crippen molar-refractivity contribution in [2.45, 2.75) is 76.8 Å². The average Bonchev–Trinajstić information content (AvgIpc) is 2.70. The molecule has 9 heteroatoms. The second-order valence-electron chi connectivity index (χ2n) is 8.14. The zero-order valence-electron chi connectivity index (χ0n) is 19.0. The molecular formula is C22H39IN4O3S. The van der Waals surface area contributed by atoms with Gasteiger partial charge in [-0.15, -0.1) is 24.0 Å². The molecule has 0 bridgehead atoms. The van der Waals surface area contributed by atoms with Gasteiger partial charge < -0.3 is 15.4 Å². The Morgan fingerprint density at radius 3 is 2.45 bits per heavy atom. The van der Waals surface area contributed by atoms with Crippen molar-refractivity contribution in [3.05, 3.63) is 35.4 Å². The molecule has 0 aliphatic heterocycles. The summed E-state index contributed by atoms with van der Waals surface area (Å²) in [5.74, 6) is 0.666. The van der Waals surface area contributed by atoms with Crippen LogP contribution < -0.4 is 15.4 Å². The molecule has 7 nitrogen and oxygen atoms in total. The number of benzene rings is 1. The van der Waals surface area contributed by atoms with Crippen molar-refractivity contribution < 1.29 is 13.2 Å². The molecule has 0 unspecified atom stereocenters. The van der Waals surface area contributed by atoms with Crippen molar-refractivity contribution in [3.8, 4) is 0 Å². The highest BCUT2D eigenvalue weighted by atomic mass is 127. The lowest BCUT2D eigenvalue weighted by molar-refractivity contribution is 0.0277. The van der Waals surface area contributed by atoms with Crippen LogP contribution in [0.3, 0.4) is 0 Å². The van der Waals surface area contributed by atoms with E-state index in [2.05, 4.69) is 20.3 Å². The summed E-state index contributed by atoms with van der Waals surface area (Å²) < 4.78 is 33.2. The van der Waals surface area contributed by atoms with Gasteiger partial charge in [-0.05, 0) is 44.2 Å². The van der Waals surface area contributed by atoms with E-state index in [1.54, 1.807) is 7.05 Å². The Labute approximate surface area is 205 Å². The maximum atomic E-state index is 12.3. The van der Waals surface area contributed by atoms with E-state index in [1.165, 1.54) is 32.1 Å². The summed E-state index contributed by atoms with van der Waals surface area (Å²) >= 11 is 0. The maximum Gasteiger partial charge on any atom is 0.216 e. The van der Waals surface area contributed by atoms with E-state index in [-0.39, 0.29) is 35.8 Å². The molecule has 0 spiro atoms. The van der Waals surface area contributed by atoms with Crippen LogP contribution in [0.5, 0.6) is 0 Å². The first-order valence-electron chi connectivity index (χ1n) is 11.0. The van der Waals surface area contributed by atoms with Crippen molar-refractivity contribution in [2.24, 2.45) is 4.99 Å². The summed E-state index contributed by atoms with van der Waals surface area (Å²) in [4.78, 5) is 4.26. The molecule has 1 saturated carbocycles. The quantitative estimate of drug-likeness (QED) is 0.165. The van der Waals surface area contributed by atoms with Crippen LogP contribution in [0.15, 0.2) is 29.3 Å². The van der Waals surface area contributed by atoms with E-state index in [0.717, 1.165) is 30.7 Å². The molecule has 0 heterocycles. The molecule has 0 amide bonds. The third-order valence-electron chi connectivity index (χ3n) is 5.07. The fraction of sp³-hybridized carbons (Fsp3) is 0.682. The van der Waals surface area contributed by atoms with E-state index < -0.39 is 10.0 Å². The molecule has 3 N–H and O–H groups in total. The van der Waals surface area contributed by atoms with Gasteiger partial charge in [-0.25, -0.2) is 13.1 Å². The van der Waals surface area contributed by atoms with Gasteiger partial charge in [-0.1, -0.05) is 43.5 Å². The molecule has 178 valence electrons. The number of hydrogen-bond donors (Lipinski definition) is 3. The minimum absolute atomic E-state index is 0. The van der Waals surface area contributed by atoms with Crippen molar-refractivity contribution in [1.29, 1.82) is 0 Å². The molecule has 1 aromatic rings. The van der Waals surface area contributed by atoms with Crippen LogP contribution in [-0.4, -0.2) is 46.7 Å². The van der Waals surface area contributed by atoms with Crippen molar-refractivity contribution in [3.63, 3.8) is 0 Å². The lowest BCUT2D eigenvalue weighted by Gasteiger charge is -2.22. The monoisotopic (exact) mass is 566 g/mol. The highest BCUT2D eigenvalue weighted by molar-refractivity contribution is 14.0. The van der Waals surface area contributed by atoms with Crippen LogP contribution in [0.25, 0.3) is 0 Å². The Balaban J connectivity index is 0.00000480. The number of nitrogens with zero attached hydrogens (tertiary/aromatic N) is 1. The largest absolute Gasteiger partial charge is 0.378 e. The second kappa shape index (κ2) is 15.0. The number of hydrogen-bond acceptors (Lipinski definition) is 4. The lowest BCUT2D eigenvalue weighted by atomic mass is 9.98. The van der Waals surface area contributed by atoms with Crippen LogP contribution in [-0.2, 0) is 27.1 Å². The van der Waals surface area contributed by atoms with Crippen molar-refractivity contribution >= 4 is 40.0 Å². The Hall–Kier alpha value is -0.910. The Bertz CT molecular complexity index is 766. The van der Waals surface area contributed by atoms with Crippen molar-refractivity contribution in [2.75, 3.05) is 20.2 Å². The van der Waals surface area contributed by atoms with Gasteiger partial charge in [0.25, 0.3) is 0 Å². The van der Waals surface area contributed by atoms with Crippen LogP contribution in [0.1, 0.15) is 63.5 Å². The normalized spacial score (nSPS) is 15.5. The zero-order chi connectivity index (χ0) is 21.8. The SMILES string of the molecule is CN=C(NCCCOC1CCCCC1)NCc1ccccc1CS(=O)(=O)NC(C)C.I. The third kappa shape index (κ3) is 11.5. The van der Waals surface area contributed by atoms with E-state index in [9.17, 15) is 8.42 Å². The molecule has 1 aliphatic rings. The van der Waals surface area contributed by atoms with Crippen LogP contribution in [0.4, 0.5) is 0 Å². The molecule has 0 saturated heterocycles. The van der Waals surface area contributed by atoms with Crippen LogP contribution in [0.2, 0.25) is 0 Å². The highest BCUT2D eigenvalue weighted by Crippen LogP contribution is 2.20. The van der Waals surface area contributed by atoms with Gasteiger partial charge in [0.05, 0.1) is 11.9 Å². The molecule has 31 heavy (non-hydrogen) atoms. The first kappa shape index (κ1) is 28.1. The molecule has 2 rings (SSSR count).